The number of fused-ring (bicyclic) bond motifs is 1. The number of rotatable bonds is 1. The van der Waals surface area contributed by atoms with Gasteiger partial charge in [0.1, 0.15) is 0 Å². The van der Waals surface area contributed by atoms with Gasteiger partial charge in [-0.15, -0.1) is 0 Å². The number of hydrogen-bond donors (Lipinski definition) is 0. The molecule has 1 aromatic heterocycles. The Bertz CT molecular complexity index is 529. The third kappa shape index (κ3) is 1.63. The summed E-state index contributed by atoms with van der Waals surface area (Å²) in [5.41, 5.74) is 3.85. The fourth-order valence-corrected chi connectivity index (χ4v) is 2.08. The van der Waals surface area contributed by atoms with E-state index in [4.69, 9.17) is 0 Å². The summed E-state index contributed by atoms with van der Waals surface area (Å²) in [6, 6.07) is 14.3. The molecule has 0 aliphatic heterocycles. The van der Waals surface area contributed by atoms with Crippen LogP contribution in [0.2, 0.25) is 0 Å². The molecule has 1 aliphatic carbocycles. The fraction of sp³-hybridized carbons (Fsp3) is 0.143. The van der Waals surface area contributed by atoms with Gasteiger partial charge >= 0.3 is 0 Å². The van der Waals surface area contributed by atoms with Gasteiger partial charge in [-0.1, -0.05) is 30.3 Å². The Labute approximate surface area is 94.7 Å². The molecule has 2 aromatic rings. The Morgan fingerprint density at radius 2 is 1.81 bits per heavy atom. The normalized spacial score (nSPS) is 16.4. The second-order valence-corrected chi connectivity index (χ2v) is 3.90. The van der Waals surface area contributed by atoms with Crippen LogP contribution < -0.4 is 0 Å². The number of aromatic nitrogens is 1. The monoisotopic (exact) mass is 208 g/mol. The van der Waals surface area contributed by atoms with Gasteiger partial charge in [-0.05, 0) is 36.1 Å². The van der Waals surface area contributed by atoms with Crippen LogP contribution in [-0.2, 0) is 6.42 Å². The largest absolute Gasteiger partial charge is 0.237 e. The minimum absolute atomic E-state index is 0.800. The van der Waals surface area contributed by atoms with E-state index in [1.807, 2.05) is 18.2 Å². The van der Waals surface area contributed by atoms with Crippen molar-refractivity contribution in [1.82, 2.24) is 4.98 Å². The number of nitrogens with zero attached hydrogens (tertiary/aromatic N) is 2. The summed E-state index contributed by atoms with van der Waals surface area (Å²) >= 11 is 0. The zero-order valence-corrected chi connectivity index (χ0v) is 8.93. The average Bonchev–Trinajstić information content (AvgIpc) is 2.74. The first kappa shape index (κ1) is 9.28. The van der Waals surface area contributed by atoms with E-state index < -0.39 is 0 Å². The molecule has 16 heavy (non-hydrogen) atoms. The van der Waals surface area contributed by atoms with Gasteiger partial charge in [0.2, 0.25) is 0 Å². The topological polar surface area (TPSA) is 25.2 Å². The molecule has 2 nitrogen and oxygen atoms in total. The lowest BCUT2D eigenvalue weighted by Gasteiger charge is -1.99. The van der Waals surface area contributed by atoms with E-state index in [0.29, 0.717) is 0 Å². The summed E-state index contributed by atoms with van der Waals surface area (Å²) in [4.78, 5) is 8.83. The van der Waals surface area contributed by atoms with Crippen LogP contribution in [0.1, 0.15) is 17.5 Å². The Balaban J connectivity index is 2.02. The van der Waals surface area contributed by atoms with Crippen molar-refractivity contribution < 1.29 is 0 Å². The molecular formula is C14H12N2. The quantitative estimate of drug-likeness (QED) is 0.706. The van der Waals surface area contributed by atoms with E-state index in [1.54, 1.807) is 6.20 Å². The molecule has 0 amide bonds. The maximum absolute atomic E-state index is 4.60. The Kier molecular flexibility index (Phi) is 2.26. The standard InChI is InChI=1S/C14H12N2/c1-2-6-12-11(5-1)8-9-13(12)16-14-7-3-4-10-15-14/h1-7,10H,8-9H2/b16-13-. The van der Waals surface area contributed by atoms with Gasteiger partial charge in [-0.2, -0.15) is 0 Å². The number of hydrogen-bond acceptors (Lipinski definition) is 2. The van der Waals surface area contributed by atoms with E-state index in [1.165, 1.54) is 11.1 Å². The van der Waals surface area contributed by atoms with Gasteiger partial charge in [0.15, 0.2) is 5.82 Å². The molecule has 0 saturated carbocycles. The van der Waals surface area contributed by atoms with Crippen molar-refractivity contribution in [3.63, 3.8) is 0 Å². The molecule has 0 saturated heterocycles. The maximum Gasteiger partial charge on any atom is 0.152 e. The SMILES string of the molecule is c1ccc(/N=C2/CCc3ccccc32)nc1. The first-order chi connectivity index (χ1) is 7.93. The predicted molar refractivity (Wildman–Crippen MR) is 65.2 cm³/mol. The summed E-state index contributed by atoms with van der Waals surface area (Å²) in [6.07, 6.45) is 3.90. The van der Waals surface area contributed by atoms with E-state index in [9.17, 15) is 0 Å². The molecular weight excluding hydrogens is 196 g/mol. The Hall–Kier alpha value is -1.96. The second-order valence-electron chi connectivity index (χ2n) is 3.90. The molecule has 2 heteroatoms. The highest BCUT2D eigenvalue weighted by atomic mass is 14.9. The second kappa shape index (κ2) is 3.89. The number of benzene rings is 1. The third-order valence-corrected chi connectivity index (χ3v) is 2.86. The van der Waals surface area contributed by atoms with Gasteiger partial charge in [0.25, 0.3) is 0 Å². The van der Waals surface area contributed by atoms with E-state index in [2.05, 4.69) is 34.2 Å². The number of pyridine rings is 1. The van der Waals surface area contributed by atoms with Gasteiger partial charge in [0, 0.05) is 6.20 Å². The smallest absolute Gasteiger partial charge is 0.152 e. The number of aliphatic imine (C=N–C) groups is 1. The molecule has 1 aliphatic rings. The van der Waals surface area contributed by atoms with Gasteiger partial charge in [-0.3, -0.25) is 0 Å². The fourth-order valence-electron chi connectivity index (χ4n) is 2.08. The van der Waals surface area contributed by atoms with Crippen LogP contribution >= 0.6 is 0 Å². The molecule has 0 N–H and O–H groups in total. The van der Waals surface area contributed by atoms with E-state index >= 15 is 0 Å². The van der Waals surface area contributed by atoms with Crippen molar-refractivity contribution in [2.75, 3.05) is 0 Å². The molecule has 3 rings (SSSR count). The summed E-state index contributed by atoms with van der Waals surface area (Å²) in [7, 11) is 0. The summed E-state index contributed by atoms with van der Waals surface area (Å²) in [5.74, 6) is 0.800. The molecule has 1 heterocycles. The van der Waals surface area contributed by atoms with Crippen molar-refractivity contribution in [2.24, 2.45) is 4.99 Å². The molecule has 0 bridgehead atoms. The van der Waals surface area contributed by atoms with Crippen molar-refractivity contribution in [3.05, 3.63) is 59.8 Å². The zero-order valence-electron chi connectivity index (χ0n) is 8.93. The maximum atomic E-state index is 4.60. The van der Waals surface area contributed by atoms with Gasteiger partial charge < -0.3 is 0 Å². The summed E-state index contributed by atoms with van der Waals surface area (Å²) in [6.45, 7) is 0. The highest BCUT2D eigenvalue weighted by Gasteiger charge is 2.16. The van der Waals surface area contributed by atoms with Crippen LogP contribution in [0.5, 0.6) is 0 Å². The van der Waals surface area contributed by atoms with Crippen LogP contribution in [0.15, 0.2) is 53.7 Å². The van der Waals surface area contributed by atoms with Crippen LogP contribution in [0.4, 0.5) is 5.82 Å². The van der Waals surface area contributed by atoms with Crippen molar-refractivity contribution in [1.29, 1.82) is 0 Å². The van der Waals surface area contributed by atoms with Crippen molar-refractivity contribution in [2.45, 2.75) is 12.8 Å². The predicted octanol–water partition coefficient (Wildman–Crippen LogP) is 3.15. The van der Waals surface area contributed by atoms with Gasteiger partial charge in [-0.25, -0.2) is 9.98 Å². The molecule has 1 aromatic carbocycles. The Morgan fingerprint density at radius 3 is 2.69 bits per heavy atom. The Morgan fingerprint density at radius 1 is 0.938 bits per heavy atom. The van der Waals surface area contributed by atoms with E-state index in [-0.39, 0.29) is 0 Å². The molecule has 0 fully saturated rings. The summed E-state index contributed by atoms with van der Waals surface area (Å²) in [5, 5.41) is 0. The van der Waals surface area contributed by atoms with Crippen LogP contribution in [0, 0.1) is 0 Å². The first-order valence-corrected chi connectivity index (χ1v) is 5.50. The molecule has 78 valence electrons. The molecule has 0 atom stereocenters. The molecule has 0 radical (unpaired) electrons. The highest BCUT2D eigenvalue weighted by Crippen LogP contribution is 2.24. The number of aryl methyl sites for hydroxylation is 1. The lowest BCUT2D eigenvalue weighted by Crippen LogP contribution is -1.93. The van der Waals surface area contributed by atoms with E-state index in [0.717, 1.165) is 24.4 Å². The zero-order chi connectivity index (χ0) is 10.8. The van der Waals surface area contributed by atoms with Crippen molar-refractivity contribution in [3.8, 4) is 0 Å². The van der Waals surface area contributed by atoms with Crippen molar-refractivity contribution >= 4 is 11.5 Å². The van der Waals surface area contributed by atoms with Crippen LogP contribution in [0.3, 0.4) is 0 Å². The molecule has 0 spiro atoms. The first-order valence-electron chi connectivity index (χ1n) is 5.50. The minimum atomic E-state index is 0.800. The van der Waals surface area contributed by atoms with Gasteiger partial charge in [0.05, 0.1) is 5.71 Å². The van der Waals surface area contributed by atoms with Crippen LogP contribution in [-0.4, -0.2) is 10.7 Å². The highest BCUT2D eigenvalue weighted by molar-refractivity contribution is 6.05. The molecule has 0 unspecified atom stereocenters. The summed E-state index contributed by atoms with van der Waals surface area (Å²) < 4.78 is 0. The lowest BCUT2D eigenvalue weighted by atomic mass is 10.1. The average molecular weight is 208 g/mol. The third-order valence-electron chi connectivity index (χ3n) is 2.86. The van der Waals surface area contributed by atoms with Crippen LogP contribution in [0.25, 0.3) is 0 Å². The lowest BCUT2D eigenvalue weighted by molar-refractivity contribution is 1.09. The minimum Gasteiger partial charge on any atom is -0.237 e.